The third-order valence-electron chi connectivity index (χ3n) is 8.28. The zero-order chi connectivity index (χ0) is 26.6. The minimum atomic E-state index is 0.0341. The van der Waals surface area contributed by atoms with E-state index in [9.17, 15) is 4.79 Å². The summed E-state index contributed by atoms with van der Waals surface area (Å²) in [6.45, 7) is 4.80. The van der Waals surface area contributed by atoms with Crippen LogP contribution in [0.2, 0.25) is 0 Å². The summed E-state index contributed by atoms with van der Waals surface area (Å²) in [6.07, 6.45) is 15.8. The van der Waals surface area contributed by atoms with Crippen molar-refractivity contribution in [2.45, 2.75) is 45.4 Å². The number of aromatic nitrogens is 3. The predicted octanol–water partition coefficient (Wildman–Crippen LogP) is 6.81. The van der Waals surface area contributed by atoms with Gasteiger partial charge in [-0.05, 0) is 84.0 Å². The third kappa shape index (κ3) is 5.75. The Balaban J connectivity index is 0.980. The molecule has 1 atom stereocenters. The molecule has 6 rings (SSSR count). The maximum atomic E-state index is 13.1. The van der Waals surface area contributed by atoms with Gasteiger partial charge in [-0.3, -0.25) is 9.36 Å². The largest absolute Gasteiger partial charge is 0.493 e. The average Bonchev–Trinajstić information content (AvgIpc) is 3.45. The molecule has 1 aliphatic heterocycles. The number of hydrogen-bond acceptors (Lipinski definition) is 5. The summed E-state index contributed by atoms with van der Waals surface area (Å²) in [5.41, 5.74) is 3.72. The van der Waals surface area contributed by atoms with Gasteiger partial charge in [0.2, 0.25) is 11.9 Å². The Morgan fingerprint density at radius 1 is 0.949 bits per heavy atom. The second-order valence-corrected chi connectivity index (χ2v) is 10.8. The maximum Gasteiger partial charge on any atom is 0.234 e. The van der Waals surface area contributed by atoms with Crippen LogP contribution in [0, 0.1) is 11.8 Å². The van der Waals surface area contributed by atoms with Crippen molar-refractivity contribution in [1.82, 2.24) is 14.5 Å². The molecule has 4 aromatic rings. The van der Waals surface area contributed by atoms with Crippen molar-refractivity contribution in [2.75, 3.05) is 24.6 Å². The third-order valence-corrected chi connectivity index (χ3v) is 8.28. The Morgan fingerprint density at radius 3 is 2.26 bits per heavy atom. The zero-order valence-corrected chi connectivity index (χ0v) is 22.6. The number of hydrogen-bond donors (Lipinski definition) is 0. The van der Waals surface area contributed by atoms with Gasteiger partial charge >= 0.3 is 0 Å². The highest BCUT2D eigenvalue weighted by Gasteiger charge is 2.24. The minimum Gasteiger partial charge on any atom is -0.493 e. The standard InChI is InChI=1S/C33H36N4O2/c1-2-24-19-34-33(35-20-24)36-17-15-25(16-18-36)23-39-31-13-11-27(12-14-31)26-7-9-28(10-8-26)32(38)37-21-29-5-3-4-6-30(29)22-37/h3-7,11-14,19-22,25,28H,2,8-10,15-18,23H2,1H3. The summed E-state index contributed by atoms with van der Waals surface area (Å²) in [5.74, 6) is 2.53. The molecule has 1 saturated heterocycles. The molecule has 0 N–H and O–H groups in total. The van der Waals surface area contributed by atoms with Crippen molar-refractivity contribution in [2.24, 2.45) is 11.8 Å². The van der Waals surface area contributed by atoms with Crippen LogP contribution in [-0.4, -0.2) is 40.1 Å². The summed E-state index contributed by atoms with van der Waals surface area (Å²) in [6, 6.07) is 16.6. The maximum absolute atomic E-state index is 13.1. The SMILES string of the molecule is CCc1cnc(N2CCC(COc3ccc(C4=CCC(C(=O)n5cc6ccccc6c5)CC4)cc3)CC2)nc1. The van der Waals surface area contributed by atoms with Crippen molar-refractivity contribution in [3.05, 3.63) is 90.5 Å². The number of nitrogens with zero attached hydrogens (tertiary/aromatic N) is 4. The van der Waals surface area contributed by atoms with E-state index in [4.69, 9.17) is 4.74 Å². The first-order chi connectivity index (χ1) is 19.2. The van der Waals surface area contributed by atoms with Gasteiger partial charge in [0.15, 0.2) is 0 Å². The fourth-order valence-corrected chi connectivity index (χ4v) is 5.71. The Hall–Kier alpha value is -3.93. The number of piperidine rings is 1. The number of fused-ring (bicyclic) bond motifs is 1. The lowest BCUT2D eigenvalue weighted by molar-refractivity contribution is 0.0827. The Bertz CT molecular complexity index is 1410. The van der Waals surface area contributed by atoms with E-state index in [1.54, 1.807) is 4.57 Å². The van der Waals surface area contributed by atoms with Crippen LogP contribution in [0.15, 0.2) is 79.4 Å². The van der Waals surface area contributed by atoms with E-state index in [-0.39, 0.29) is 11.8 Å². The molecule has 0 bridgehead atoms. The number of anilines is 1. The normalized spacial score (nSPS) is 18.2. The van der Waals surface area contributed by atoms with Gasteiger partial charge in [-0.15, -0.1) is 0 Å². The molecule has 6 nitrogen and oxygen atoms in total. The number of aryl methyl sites for hydroxylation is 1. The molecule has 0 spiro atoms. The van der Waals surface area contributed by atoms with Gasteiger partial charge in [-0.2, -0.15) is 0 Å². The van der Waals surface area contributed by atoms with Gasteiger partial charge in [-0.25, -0.2) is 9.97 Å². The fourth-order valence-electron chi connectivity index (χ4n) is 5.71. The molecule has 1 unspecified atom stereocenters. The summed E-state index contributed by atoms with van der Waals surface area (Å²) >= 11 is 0. The molecule has 3 heterocycles. The van der Waals surface area contributed by atoms with Gasteiger partial charge in [-0.1, -0.05) is 49.4 Å². The van der Waals surface area contributed by atoms with Crippen LogP contribution >= 0.6 is 0 Å². The number of allylic oxidation sites excluding steroid dienone is 2. The van der Waals surface area contributed by atoms with Crippen LogP contribution in [0.25, 0.3) is 16.3 Å². The molecule has 200 valence electrons. The molecule has 2 aromatic heterocycles. The van der Waals surface area contributed by atoms with Crippen LogP contribution in [0.3, 0.4) is 0 Å². The molecule has 1 aliphatic carbocycles. The van der Waals surface area contributed by atoms with E-state index in [1.807, 2.05) is 36.9 Å². The van der Waals surface area contributed by atoms with Crippen molar-refractivity contribution in [3.63, 3.8) is 0 Å². The lowest BCUT2D eigenvalue weighted by Gasteiger charge is -2.31. The highest BCUT2D eigenvalue weighted by atomic mass is 16.5. The number of ether oxygens (including phenoxy) is 1. The molecule has 0 saturated carbocycles. The second kappa shape index (κ2) is 11.4. The molecular weight excluding hydrogens is 484 g/mol. The molecule has 0 radical (unpaired) electrons. The van der Waals surface area contributed by atoms with E-state index in [0.717, 1.165) is 80.7 Å². The van der Waals surface area contributed by atoms with E-state index >= 15 is 0 Å². The molecule has 0 amide bonds. The fraction of sp³-hybridized carbons (Fsp3) is 0.364. The van der Waals surface area contributed by atoms with Crippen LogP contribution in [0.4, 0.5) is 5.95 Å². The molecule has 39 heavy (non-hydrogen) atoms. The Kier molecular flexibility index (Phi) is 7.44. The van der Waals surface area contributed by atoms with Gasteiger partial charge in [0.1, 0.15) is 5.75 Å². The number of rotatable bonds is 7. The van der Waals surface area contributed by atoms with Gasteiger partial charge in [0, 0.05) is 43.8 Å². The summed E-state index contributed by atoms with van der Waals surface area (Å²) in [7, 11) is 0. The van der Waals surface area contributed by atoms with Crippen LogP contribution in [-0.2, 0) is 6.42 Å². The topological polar surface area (TPSA) is 60.3 Å². The minimum absolute atomic E-state index is 0.0341. The van der Waals surface area contributed by atoms with Crippen LogP contribution < -0.4 is 9.64 Å². The van der Waals surface area contributed by atoms with Crippen molar-refractivity contribution in [3.8, 4) is 5.75 Å². The highest BCUT2D eigenvalue weighted by Crippen LogP contribution is 2.32. The molecular formula is C33H36N4O2. The summed E-state index contributed by atoms with van der Waals surface area (Å²) in [5, 5.41) is 2.22. The Morgan fingerprint density at radius 2 is 1.64 bits per heavy atom. The lowest BCUT2D eigenvalue weighted by atomic mass is 9.86. The molecule has 6 heteroatoms. The summed E-state index contributed by atoms with van der Waals surface area (Å²) in [4.78, 5) is 24.4. The number of carbonyl (C=O) groups excluding carboxylic acids is 1. The number of benzene rings is 2. The van der Waals surface area contributed by atoms with E-state index in [1.165, 1.54) is 16.7 Å². The smallest absolute Gasteiger partial charge is 0.234 e. The highest BCUT2D eigenvalue weighted by molar-refractivity contribution is 5.90. The first-order valence-corrected chi connectivity index (χ1v) is 14.3. The molecule has 1 fully saturated rings. The predicted molar refractivity (Wildman–Crippen MR) is 156 cm³/mol. The zero-order valence-electron chi connectivity index (χ0n) is 22.6. The number of carbonyl (C=O) groups is 1. The lowest BCUT2D eigenvalue weighted by Crippen LogP contribution is -2.36. The van der Waals surface area contributed by atoms with Crippen molar-refractivity contribution >= 4 is 28.2 Å². The van der Waals surface area contributed by atoms with E-state index in [0.29, 0.717) is 5.92 Å². The average molecular weight is 521 g/mol. The van der Waals surface area contributed by atoms with Gasteiger partial charge < -0.3 is 9.64 Å². The quantitative estimate of drug-likeness (QED) is 0.268. The Labute approximate surface area is 230 Å². The van der Waals surface area contributed by atoms with Crippen molar-refractivity contribution < 1.29 is 9.53 Å². The second-order valence-electron chi connectivity index (χ2n) is 10.8. The van der Waals surface area contributed by atoms with Gasteiger partial charge in [0.05, 0.1) is 6.61 Å². The molecule has 2 aromatic carbocycles. The van der Waals surface area contributed by atoms with E-state index < -0.39 is 0 Å². The van der Waals surface area contributed by atoms with E-state index in [2.05, 4.69) is 64.3 Å². The first kappa shape index (κ1) is 25.4. The van der Waals surface area contributed by atoms with Crippen molar-refractivity contribution in [1.29, 1.82) is 0 Å². The first-order valence-electron chi connectivity index (χ1n) is 14.3. The summed E-state index contributed by atoms with van der Waals surface area (Å²) < 4.78 is 7.94. The van der Waals surface area contributed by atoms with Crippen LogP contribution in [0.5, 0.6) is 5.75 Å². The van der Waals surface area contributed by atoms with Crippen LogP contribution in [0.1, 0.15) is 54.9 Å². The molecule has 2 aliphatic rings. The van der Waals surface area contributed by atoms with Gasteiger partial charge in [0.25, 0.3) is 0 Å². The monoisotopic (exact) mass is 520 g/mol.